The van der Waals surface area contributed by atoms with Crippen LogP contribution in [0.4, 0.5) is 5.69 Å². The number of nitrogens with zero attached hydrogens (tertiary/aromatic N) is 1. The lowest BCUT2D eigenvalue weighted by Crippen LogP contribution is -2.42. The highest BCUT2D eigenvalue weighted by molar-refractivity contribution is 7.91. The third kappa shape index (κ3) is 4.62. The molecule has 2 aromatic rings. The van der Waals surface area contributed by atoms with Gasteiger partial charge in [0, 0.05) is 24.8 Å². The average Bonchev–Trinajstić information content (AvgIpc) is 2.69. The van der Waals surface area contributed by atoms with Crippen molar-refractivity contribution in [1.82, 2.24) is 4.90 Å². The maximum Gasteiger partial charge on any atom is 0.255 e. The molecule has 3 rings (SSSR count). The van der Waals surface area contributed by atoms with Crippen LogP contribution in [0.3, 0.4) is 0 Å². The molecule has 1 aliphatic heterocycles. The number of hydrogen-bond acceptors (Lipinski definition) is 4. The smallest absolute Gasteiger partial charge is 0.255 e. The van der Waals surface area contributed by atoms with Gasteiger partial charge < -0.3 is 10.2 Å². The van der Waals surface area contributed by atoms with Crippen molar-refractivity contribution in [2.24, 2.45) is 0 Å². The minimum absolute atomic E-state index is 0.0151. The van der Waals surface area contributed by atoms with Crippen molar-refractivity contribution in [3.05, 3.63) is 59.1 Å². The van der Waals surface area contributed by atoms with Crippen molar-refractivity contribution in [3.63, 3.8) is 0 Å². The van der Waals surface area contributed by atoms with Crippen molar-refractivity contribution in [2.75, 3.05) is 24.2 Å². The largest absolute Gasteiger partial charge is 0.382 e. The van der Waals surface area contributed by atoms with Crippen LogP contribution in [0.25, 0.3) is 0 Å². The predicted molar refractivity (Wildman–Crippen MR) is 108 cm³/mol. The van der Waals surface area contributed by atoms with E-state index < -0.39 is 9.84 Å². The van der Waals surface area contributed by atoms with Crippen LogP contribution < -0.4 is 5.32 Å². The molecule has 1 saturated heterocycles. The fourth-order valence-corrected chi connectivity index (χ4v) is 4.30. The summed E-state index contributed by atoms with van der Waals surface area (Å²) in [5.41, 5.74) is 1.32. The van der Waals surface area contributed by atoms with Gasteiger partial charge in [0.2, 0.25) is 0 Å². The van der Waals surface area contributed by atoms with E-state index in [0.29, 0.717) is 19.1 Å². The Balaban J connectivity index is 1.68. The summed E-state index contributed by atoms with van der Waals surface area (Å²) >= 11 is 6.18. The van der Waals surface area contributed by atoms with Crippen molar-refractivity contribution in [2.45, 2.75) is 30.7 Å². The van der Waals surface area contributed by atoms with Gasteiger partial charge in [-0.2, -0.15) is 0 Å². The van der Waals surface area contributed by atoms with Gasteiger partial charge in [-0.05, 0) is 43.2 Å². The highest BCUT2D eigenvalue weighted by Crippen LogP contribution is 2.25. The highest BCUT2D eigenvalue weighted by Gasteiger charge is 2.26. The standard InChI is InChI=1S/C20H23ClN2O3S/c1-2-27(25,26)17-8-9-19(21)18(14-17)20(24)23-12-10-16(11-13-23)22-15-6-4-3-5-7-15/h3-9,14,16,22H,2,10-13H2,1H3. The summed E-state index contributed by atoms with van der Waals surface area (Å²) in [6.07, 6.45) is 1.65. The summed E-state index contributed by atoms with van der Waals surface area (Å²) in [5.74, 6) is -0.231. The summed E-state index contributed by atoms with van der Waals surface area (Å²) in [6.45, 7) is 2.78. The van der Waals surface area contributed by atoms with Gasteiger partial charge in [-0.3, -0.25) is 4.79 Å². The zero-order valence-electron chi connectivity index (χ0n) is 15.2. The number of carbonyl (C=O) groups is 1. The number of hydrogen-bond donors (Lipinski definition) is 1. The van der Waals surface area contributed by atoms with Crippen LogP contribution in [0.15, 0.2) is 53.4 Å². The Bertz CT molecular complexity index is 908. The third-order valence-corrected chi connectivity index (χ3v) is 6.90. The van der Waals surface area contributed by atoms with Crippen LogP contribution in [-0.4, -0.2) is 44.1 Å². The van der Waals surface area contributed by atoms with Gasteiger partial charge in [0.15, 0.2) is 9.84 Å². The van der Waals surface area contributed by atoms with Crippen molar-refractivity contribution < 1.29 is 13.2 Å². The normalized spacial score (nSPS) is 15.6. The van der Waals surface area contributed by atoms with Crippen LogP contribution >= 0.6 is 11.6 Å². The molecule has 5 nitrogen and oxygen atoms in total. The Morgan fingerprint density at radius 2 is 1.81 bits per heavy atom. The average molecular weight is 407 g/mol. The van der Waals surface area contributed by atoms with Gasteiger partial charge in [-0.15, -0.1) is 0 Å². The molecule has 2 aromatic carbocycles. The number of sulfone groups is 1. The fourth-order valence-electron chi connectivity index (χ4n) is 3.20. The molecule has 1 fully saturated rings. The lowest BCUT2D eigenvalue weighted by molar-refractivity contribution is 0.0718. The number of piperidine rings is 1. The topological polar surface area (TPSA) is 66.5 Å². The van der Waals surface area contributed by atoms with Gasteiger partial charge >= 0.3 is 0 Å². The third-order valence-electron chi connectivity index (χ3n) is 4.83. The lowest BCUT2D eigenvalue weighted by Gasteiger charge is -2.33. The van der Waals surface area contributed by atoms with E-state index in [9.17, 15) is 13.2 Å². The predicted octanol–water partition coefficient (Wildman–Crippen LogP) is 3.85. The minimum Gasteiger partial charge on any atom is -0.382 e. The van der Waals surface area contributed by atoms with Crippen molar-refractivity contribution in [1.29, 1.82) is 0 Å². The van der Waals surface area contributed by atoms with Gasteiger partial charge in [0.05, 0.1) is 21.2 Å². The Morgan fingerprint density at radius 1 is 1.15 bits per heavy atom. The van der Waals surface area contributed by atoms with Crippen molar-refractivity contribution in [3.8, 4) is 0 Å². The van der Waals surface area contributed by atoms with E-state index in [2.05, 4.69) is 5.32 Å². The number of amides is 1. The molecule has 1 heterocycles. The molecule has 1 N–H and O–H groups in total. The molecule has 27 heavy (non-hydrogen) atoms. The number of rotatable bonds is 5. The van der Waals surface area contributed by atoms with E-state index in [1.807, 2.05) is 30.3 Å². The van der Waals surface area contributed by atoms with Crippen LogP contribution in [0.5, 0.6) is 0 Å². The van der Waals surface area contributed by atoms with Gasteiger partial charge in [-0.25, -0.2) is 8.42 Å². The first kappa shape index (κ1) is 19.7. The summed E-state index contributed by atoms with van der Waals surface area (Å²) in [6, 6.07) is 14.6. The molecule has 1 aliphatic rings. The van der Waals surface area contributed by atoms with E-state index in [1.54, 1.807) is 11.8 Å². The summed E-state index contributed by atoms with van der Waals surface area (Å²) < 4.78 is 24.2. The molecule has 0 atom stereocenters. The van der Waals surface area contributed by atoms with E-state index >= 15 is 0 Å². The molecular formula is C20H23ClN2O3S. The number of benzene rings is 2. The lowest BCUT2D eigenvalue weighted by atomic mass is 10.0. The molecule has 0 saturated carbocycles. The number of nitrogens with one attached hydrogen (secondary N) is 1. The molecular weight excluding hydrogens is 384 g/mol. The molecule has 0 aliphatic carbocycles. The first-order chi connectivity index (χ1) is 12.9. The zero-order valence-corrected chi connectivity index (χ0v) is 16.8. The molecule has 144 valence electrons. The number of para-hydroxylation sites is 1. The Hall–Kier alpha value is -2.05. The number of likely N-dealkylation sites (tertiary alicyclic amines) is 1. The van der Waals surface area contributed by atoms with Gasteiger partial charge in [0.1, 0.15) is 0 Å². The van der Waals surface area contributed by atoms with Gasteiger partial charge in [-0.1, -0.05) is 36.7 Å². The molecule has 0 spiro atoms. The molecule has 0 aromatic heterocycles. The zero-order chi connectivity index (χ0) is 19.4. The molecule has 0 unspecified atom stereocenters. The minimum atomic E-state index is -3.38. The van der Waals surface area contributed by atoms with Gasteiger partial charge in [0.25, 0.3) is 5.91 Å². The number of carbonyl (C=O) groups excluding carboxylic acids is 1. The molecule has 1 amide bonds. The van der Waals surface area contributed by atoms with Crippen LogP contribution in [0.1, 0.15) is 30.1 Å². The van der Waals surface area contributed by atoms with E-state index in [1.165, 1.54) is 18.2 Å². The Morgan fingerprint density at radius 3 is 2.44 bits per heavy atom. The second-order valence-electron chi connectivity index (χ2n) is 6.62. The number of anilines is 1. The van der Waals surface area contributed by atoms with Crippen molar-refractivity contribution >= 4 is 33.0 Å². The van der Waals surface area contributed by atoms with Crippen LogP contribution in [0.2, 0.25) is 5.02 Å². The summed E-state index contributed by atoms with van der Waals surface area (Å²) in [7, 11) is -3.38. The Kier molecular flexibility index (Phi) is 6.07. The first-order valence-electron chi connectivity index (χ1n) is 9.04. The van der Waals surface area contributed by atoms with Crippen LogP contribution in [0, 0.1) is 0 Å². The second kappa shape index (κ2) is 8.31. The Labute approximate surface area is 165 Å². The second-order valence-corrected chi connectivity index (χ2v) is 9.31. The van der Waals surface area contributed by atoms with E-state index in [0.717, 1.165) is 18.5 Å². The highest BCUT2D eigenvalue weighted by atomic mass is 35.5. The quantitative estimate of drug-likeness (QED) is 0.818. The number of halogens is 1. The molecule has 0 bridgehead atoms. The van der Waals surface area contributed by atoms with E-state index in [-0.39, 0.29) is 27.1 Å². The van der Waals surface area contributed by atoms with Crippen LogP contribution in [-0.2, 0) is 9.84 Å². The summed E-state index contributed by atoms with van der Waals surface area (Å²) in [5, 5.41) is 3.76. The SMILES string of the molecule is CCS(=O)(=O)c1ccc(Cl)c(C(=O)N2CCC(Nc3ccccc3)CC2)c1. The molecule has 7 heteroatoms. The maximum absolute atomic E-state index is 12.9. The monoisotopic (exact) mass is 406 g/mol. The summed E-state index contributed by atoms with van der Waals surface area (Å²) in [4.78, 5) is 14.8. The van der Waals surface area contributed by atoms with E-state index in [4.69, 9.17) is 11.6 Å². The first-order valence-corrected chi connectivity index (χ1v) is 11.1. The molecule has 0 radical (unpaired) electrons. The fraction of sp³-hybridized carbons (Fsp3) is 0.350. The maximum atomic E-state index is 12.9.